The molecule has 0 spiro atoms. The summed E-state index contributed by atoms with van der Waals surface area (Å²) < 4.78 is 67.7. The zero-order valence-corrected chi connectivity index (χ0v) is 12.5. The lowest BCUT2D eigenvalue weighted by molar-refractivity contribution is -0.137. The van der Waals surface area contributed by atoms with Gasteiger partial charge in [-0.05, 0) is 35.4 Å². The van der Waals surface area contributed by atoms with E-state index in [0.717, 1.165) is 36.4 Å². The van der Waals surface area contributed by atoms with E-state index in [0.29, 0.717) is 0 Å². The van der Waals surface area contributed by atoms with Crippen molar-refractivity contribution in [3.8, 4) is 11.1 Å². The summed E-state index contributed by atoms with van der Waals surface area (Å²) in [5, 5.41) is 6.02. The van der Waals surface area contributed by atoms with Gasteiger partial charge in [-0.25, -0.2) is 8.78 Å². The number of benzene rings is 2. The highest BCUT2D eigenvalue weighted by atomic mass is 19.4. The van der Waals surface area contributed by atoms with Gasteiger partial charge in [0.05, 0.1) is 5.56 Å². The van der Waals surface area contributed by atoms with E-state index < -0.39 is 28.9 Å². The first-order valence-electron chi connectivity index (χ1n) is 7.06. The molecule has 0 saturated carbocycles. The molecule has 0 amide bonds. The third-order valence-electron chi connectivity index (χ3n) is 3.51. The van der Waals surface area contributed by atoms with Gasteiger partial charge in [0.2, 0.25) is 5.95 Å². The zero-order chi connectivity index (χ0) is 18.2. The first kappa shape index (κ1) is 16.9. The number of nitrogens with one attached hydrogen (secondary N) is 1. The van der Waals surface area contributed by atoms with E-state index in [9.17, 15) is 22.0 Å². The van der Waals surface area contributed by atoms with E-state index in [1.165, 1.54) is 0 Å². The lowest BCUT2D eigenvalue weighted by Gasteiger charge is -2.16. The van der Waals surface area contributed by atoms with Crippen molar-refractivity contribution in [3.63, 3.8) is 0 Å². The molecule has 9 heteroatoms. The number of aromatic nitrogens is 3. The molecule has 0 aliphatic rings. The van der Waals surface area contributed by atoms with Gasteiger partial charge in [-0.3, -0.25) is 5.10 Å². The van der Waals surface area contributed by atoms with Crippen LogP contribution in [0.2, 0.25) is 0 Å². The molecule has 0 atom stereocenters. The molecule has 3 aromatic rings. The summed E-state index contributed by atoms with van der Waals surface area (Å²) in [4.78, 5) is 3.78. The minimum atomic E-state index is -4.79. The van der Waals surface area contributed by atoms with Crippen molar-refractivity contribution >= 4 is 5.95 Å². The zero-order valence-electron chi connectivity index (χ0n) is 12.5. The molecule has 0 aliphatic heterocycles. The van der Waals surface area contributed by atoms with Crippen molar-refractivity contribution in [3.05, 3.63) is 65.0 Å². The van der Waals surface area contributed by atoms with Crippen LogP contribution < -0.4 is 5.73 Å². The number of hydrogen-bond acceptors (Lipinski definition) is 3. The number of hydrogen-bond donors (Lipinski definition) is 2. The third-order valence-corrected chi connectivity index (χ3v) is 3.51. The van der Waals surface area contributed by atoms with Crippen LogP contribution in [0.1, 0.15) is 17.0 Å². The van der Waals surface area contributed by atoms with Gasteiger partial charge < -0.3 is 5.73 Å². The van der Waals surface area contributed by atoms with Crippen LogP contribution in [0.15, 0.2) is 36.4 Å². The van der Waals surface area contributed by atoms with E-state index in [-0.39, 0.29) is 29.3 Å². The molecule has 1 aromatic heterocycles. The van der Waals surface area contributed by atoms with E-state index in [1.807, 2.05) is 0 Å². The summed E-state index contributed by atoms with van der Waals surface area (Å²) in [5.74, 6) is -1.55. The molecule has 0 bridgehead atoms. The largest absolute Gasteiger partial charge is 0.417 e. The van der Waals surface area contributed by atoms with E-state index in [4.69, 9.17) is 5.73 Å². The molecule has 130 valence electrons. The van der Waals surface area contributed by atoms with Gasteiger partial charge in [-0.1, -0.05) is 12.1 Å². The second kappa shape index (κ2) is 6.15. The van der Waals surface area contributed by atoms with E-state index in [2.05, 4.69) is 15.2 Å². The molecule has 0 fully saturated rings. The Hall–Kier alpha value is -2.97. The second-order valence-electron chi connectivity index (χ2n) is 5.32. The topological polar surface area (TPSA) is 67.6 Å². The molecular weight excluding hydrogens is 343 g/mol. The predicted octanol–water partition coefficient (Wildman–Crippen LogP) is 3.94. The van der Waals surface area contributed by atoms with Crippen LogP contribution >= 0.6 is 0 Å². The molecule has 0 radical (unpaired) electrons. The molecule has 1 heterocycles. The summed E-state index contributed by atoms with van der Waals surface area (Å²) in [6.45, 7) is 0. The maximum absolute atomic E-state index is 14.5. The molecule has 3 rings (SSSR count). The second-order valence-corrected chi connectivity index (χ2v) is 5.32. The summed E-state index contributed by atoms with van der Waals surface area (Å²) in [7, 11) is 0. The van der Waals surface area contributed by atoms with Crippen molar-refractivity contribution in [2.75, 3.05) is 5.73 Å². The highest BCUT2D eigenvalue weighted by molar-refractivity contribution is 5.69. The fourth-order valence-electron chi connectivity index (χ4n) is 2.48. The lowest BCUT2D eigenvalue weighted by atomic mass is 9.95. The van der Waals surface area contributed by atoms with Crippen molar-refractivity contribution in [1.82, 2.24) is 15.2 Å². The third kappa shape index (κ3) is 3.59. The van der Waals surface area contributed by atoms with E-state index >= 15 is 0 Å². The maximum Gasteiger partial charge on any atom is 0.417 e. The Balaban J connectivity index is 2.10. The Labute approximate surface area is 138 Å². The number of anilines is 1. The van der Waals surface area contributed by atoms with Crippen molar-refractivity contribution in [2.45, 2.75) is 12.6 Å². The summed E-state index contributed by atoms with van der Waals surface area (Å²) in [6.07, 6.45) is -4.89. The summed E-state index contributed by atoms with van der Waals surface area (Å²) in [5.41, 5.74) is 3.53. The van der Waals surface area contributed by atoms with Crippen molar-refractivity contribution in [1.29, 1.82) is 0 Å². The SMILES string of the molecule is Nc1n[nH]c(Cc2cc(F)c(-c3ccc(F)cc3)c(C(F)(F)F)c2)n1. The average molecular weight is 354 g/mol. The normalized spacial score (nSPS) is 11.7. The molecule has 0 aliphatic carbocycles. The summed E-state index contributed by atoms with van der Waals surface area (Å²) >= 11 is 0. The Bertz CT molecular complexity index is 900. The van der Waals surface area contributed by atoms with Crippen LogP contribution in [0.25, 0.3) is 11.1 Å². The number of H-pyrrole nitrogens is 1. The van der Waals surface area contributed by atoms with Crippen LogP contribution in [0.3, 0.4) is 0 Å². The van der Waals surface area contributed by atoms with Gasteiger partial charge >= 0.3 is 6.18 Å². The number of alkyl halides is 3. The number of rotatable bonds is 3. The van der Waals surface area contributed by atoms with Crippen LogP contribution in [0.4, 0.5) is 27.9 Å². The van der Waals surface area contributed by atoms with Gasteiger partial charge in [0, 0.05) is 12.0 Å². The fourth-order valence-corrected chi connectivity index (χ4v) is 2.48. The Morgan fingerprint density at radius 1 is 1.04 bits per heavy atom. The first-order valence-corrected chi connectivity index (χ1v) is 7.06. The monoisotopic (exact) mass is 354 g/mol. The molecule has 2 aromatic carbocycles. The highest BCUT2D eigenvalue weighted by Crippen LogP contribution is 2.39. The minimum Gasteiger partial charge on any atom is -0.367 e. The predicted molar refractivity (Wildman–Crippen MR) is 80.4 cm³/mol. The smallest absolute Gasteiger partial charge is 0.367 e. The molecule has 0 saturated heterocycles. The molecule has 25 heavy (non-hydrogen) atoms. The number of nitrogen functional groups attached to an aromatic ring is 1. The standard InChI is InChI=1S/C16H11F5N4/c17-10-3-1-9(2-4-10)14-11(16(19,20)21)5-8(6-12(14)18)7-13-23-15(22)25-24-13/h1-6H,7H2,(H3,22,23,24,25). The van der Waals surface area contributed by atoms with Gasteiger partial charge in [0.15, 0.2) is 0 Å². The van der Waals surface area contributed by atoms with Gasteiger partial charge in [0.1, 0.15) is 17.5 Å². The highest BCUT2D eigenvalue weighted by Gasteiger charge is 2.35. The first-order chi connectivity index (χ1) is 11.7. The van der Waals surface area contributed by atoms with Crippen molar-refractivity contribution in [2.24, 2.45) is 0 Å². The maximum atomic E-state index is 14.5. The molecule has 0 unspecified atom stereocenters. The van der Waals surface area contributed by atoms with Crippen molar-refractivity contribution < 1.29 is 22.0 Å². The fraction of sp³-hybridized carbons (Fsp3) is 0.125. The van der Waals surface area contributed by atoms with Crippen LogP contribution in [-0.2, 0) is 12.6 Å². The Kier molecular flexibility index (Phi) is 4.15. The number of nitrogens with two attached hydrogens (primary N) is 1. The average Bonchev–Trinajstić information content (AvgIpc) is 2.92. The molecular formula is C16H11F5N4. The molecule has 4 nitrogen and oxygen atoms in total. The molecule has 3 N–H and O–H groups in total. The van der Waals surface area contributed by atoms with Gasteiger partial charge in [-0.15, -0.1) is 5.10 Å². The number of halogens is 5. The Morgan fingerprint density at radius 2 is 1.72 bits per heavy atom. The van der Waals surface area contributed by atoms with Gasteiger partial charge in [-0.2, -0.15) is 18.2 Å². The number of nitrogens with zero attached hydrogens (tertiary/aromatic N) is 2. The minimum absolute atomic E-state index is 0.0480. The quantitative estimate of drug-likeness (QED) is 0.700. The lowest BCUT2D eigenvalue weighted by Crippen LogP contribution is -2.10. The Morgan fingerprint density at radius 3 is 2.28 bits per heavy atom. The van der Waals surface area contributed by atoms with Crippen LogP contribution in [-0.4, -0.2) is 15.2 Å². The van der Waals surface area contributed by atoms with Crippen LogP contribution in [0, 0.1) is 11.6 Å². The summed E-state index contributed by atoms with van der Waals surface area (Å²) in [6, 6.07) is 5.95. The van der Waals surface area contributed by atoms with E-state index in [1.54, 1.807) is 0 Å². The van der Waals surface area contributed by atoms with Gasteiger partial charge in [0.25, 0.3) is 0 Å². The van der Waals surface area contributed by atoms with Crippen LogP contribution in [0.5, 0.6) is 0 Å². The number of aromatic amines is 1.